The third-order valence-electron chi connectivity index (χ3n) is 3.61. The average molecular weight is 313 g/mol. The van der Waals surface area contributed by atoms with Gasteiger partial charge in [0.15, 0.2) is 0 Å². The molecule has 0 aromatic heterocycles. The first-order valence-electron chi connectivity index (χ1n) is 7.26. The van der Waals surface area contributed by atoms with Crippen LogP contribution in [0.25, 0.3) is 0 Å². The molecular formula is C18H19NO4. The van der Waals surface area contributed by atoms with Crippen LogP contribution in [-0.2, 0) is 15.1 Å². The zero-order chi connectivity index (χ0) is 16.9. The zero-order valence-corrected chi connectivity index (χ0v) is 13.0. The number of carbonyl (C=O) groups is 2. The van der Waals surface area contributed by atoms with E-state index in [2.05, 4.69) is 5.32 Å². The van der Waals surface area contributed by atoms with Gasteiger partial charge in [-0.05, 0) is 24.6 Å². The second-order valence-electron chi connectivity index (χ2n) is 5.23. The lowest BCUT2D eigenvalue weighted by Gasteiger charge is -2.36. The van der Waals surface area contributed by atoms with E-state index in [4.69, 9.17) is 4.74 Å². The lowest BCUT2D eigenvalue weighted by Crippen LogP contribution is -2.59. The smallest absolute Gasteiger partial charge is 0.338 e. The van der Waals surface area contributed by atoms with Gasteiger partial charge in [0.1, 0.15) is 11.9 Å². The predicted molar refractivity (Wildman–Crippen MR) is 86.1 cm³/mol. The van der Waals surface area contributed by atoms with Gasteiger partial charge >= 0.3 is 5.97 Å². The minimum atomic E-state index is -1.68. The van der Waals surface area contributed by atoms with Crippen LogP contribution >= 0.6 is 0 Å². The van der Waals surface area contributed by atoms with Crippen molar-refractivity contribution in [3.05, 3.63) is 66.2 Å². The number of hydrogen-bond acceptors (Lipinski definition) is 3. The number of aliphatic carboxylic acids is 1. The maximum Gasteiger partial charge on any atom is 0.338 e. The topological polar surface area (TPSA) is 75.6 Å². The molecule has 0 heterocycles. The number of hydrogen-bond donors (Lipinski definition) is 2. The summed E-state index contributed by atoms with van der Waals surface area (Å²) in [5, 5.41) is 12.4. The highest BCUT2D eigenvalue weighted by Gasteiger charge is 2.48. The third kappa shape index (κ3) is 3.51. The molecule has 0 spiro atoms. The Bertz CT molecular complexity index is 672. The zero-order valence-electron chi connectivity index (χ0n) is 13.0. The Hall–Kier alpha value is -2.82. The van der Waals surface area contributed by atoms with E-state index in [1.165, 1.54) is 6.92 Å². The molecule has 2 unspecified atom stereocenters. The minimum Gasteiger partial charge on any atom is -0.487 e. The number of amides is 1. The molecule has 0 saturated heterocycles. The number of carboxylic acids is 1. The molecule has 0 radical (unpaired) electrons. The van der Waals surface area contributed by atoms with Gasteiger partial charge < -0.3 is 15.2 Å². The number of ether oxygens (including phenoxy) is 1. The van der Waals surface area contributed by atoms with Crippen LogP contribution in [0, 0.1) is 0 Å². The van der Waals surface area contributed by atoms with Gasteiger partial charge in [0.05, 0.1) is 0 Å². The Morgan fingerprint density at radius 1 is 1.04 bits per heavy atom. The first-order chi connectivity index (χ1) is 11.0. The van der Waals surface area contributed by atoms with E-state index in [1.807, 2.05) is 6.07 Å². The SMILES string of the molecule is CC(=O)NC(C(=O)O)(c1ccccc1)C(C)Oc1ccccc1. The van der Waals surface area contributed by atoms with Gasteiger partial charge in [-0.15, -0.1) is 0 Å². The summed E-state index contributed by atoms with van der Waals surface area (Å²) in [6, 6.07) is 17.5. The second-order valence-corrected chi connectivity index (χ2v) is 5.23. The van der Waals surface area contributed by atoms with Gasteiger partial charge in [0.2, 0.25) is 11.4 Å². The number of carboxylic acid groups (broad SMARTS) is 1. The quantitative estimate of drug-likeness (QED) is 0.859. The van der Waals surface area contributed by atoms with Crippen LogP contribution in [0.2, 0.25) is 0 Å². The molecule has 2 rings (SSSR count). The number of para-hydroxylation sites is 1. The molecular weight excluding hydrogens is 294 g/mol. The van der Waals surface area contributed by atoms with Gasteiger partial charge in [0.25, 0.3) is 0 Å². The van der Waals surface area contributed by atoms with Gasteiger partial charge in [0, 0.05) is 6.92 Å². The van der Waals surface area contributed by atoms with E-state index >= 15 is 0 Å². The number of nitrogens with one attached hydrogen (secondary N) is 1. The number of rotatable bonds is 6. The van der Waals surface area contributed by atoms with E-state index in [1.54, 1.807) is 61.5 Å². The molecule has 0 bridgehead atoms. The molecule has 5 heteroatoms. The molecule has 23 heavy (non-hydrogen) atoms. The fraction of sp³-hybridized carbons (Fsp3) is 0.222. The van der Waals surface area contributed by atoms with Gasteiger partial charge in [-0.25, -0.2) is 4.79 Å². The highest BCUT2D eigenvalue weighted by atomic mass is 16.5. The molecule has 0 aliphatic carbocycles. The Balaban J connectivity index is 2.47. The van der Waals surface area contributed by atoms with E-state index in [9.17, 15) is 14.7 Å². The first kappa shape index (κ1) is 16.5. The van der Waals surface area contributed by atoms with Crippen molar-refractivity contribution < 1.29 is 19.4 Å². The van der Waals surface area contributed by atoms with E-state index < -0.39 is 23.5 Å². The summed E-state index contributed by atoms with van der Waals surface area (Å²) in [4.78, 5) is 23.8. The summed E-state index contributed by atoms with van der Waals surface area (Å²) in [6.45, 7) is 2.92. The van der Waals surface area contributed by atoms with Crippen LogP contribution in [0.5, 0.6) is 5.75 Å². The highest BCUT2D eigenvalue weighted by molar-refractivity contribution is 5.88. The van der Waals surface area contributed by atoms with Crippen LogP contribution in [0.3, 0.4) is 0 Å². The molecule has 2 aromatic carbocycles. The molecule has 2 aromatic rings. The third-order valence-corrected chi connectivity index (χ3v) is 3.61. The molecule has 0 aliphatic heterocycles. The predicted octanol–water partition coefficient (Wildman–Crippen LogP) is 2.57. The second kappa shape index (κ2) is 6.96. The minimum absolute atomic E-state index is 0.445. The molecule has 120 valence electrons. The van der Waals surface area contributed by atoms with Crippen molar-refractivity contribution in [1.82, 2.24) is 5.32 Å². The molecule has 0 fully saturated rings. The van der Waals surface area contributed by atoms with Crippen molar-refractivity contribution in [3.63, 3.8) is 0 Å². The maximum atomic E-state index is 12.1. The standard InChI is InChI=1S/C18H19NO4/c1-13(23-16-11-7-4-8-12-16)18(17(21)22,19-14(2)20)15-9-5-3-6-10-15/h3-13H,1-2H3,(H,19,20)(H,21,22). The number of benzene rings is 2. The fourth-order valence-corrected chi connectivity index (χ4v) is 2.53. The Labute approximate surface area is 134 Å². The summed E-state index contributed by atoms with van der Waals surface area (Å²) in [5.41, 5.74) is -1.23. The van der Waals surface area contributed by atoms with Gasteiger partial charge in [-0.3, -0.25) is 4.79 Å². The van der Waals surface area contributed by atoms with Gasteiger partial charge in [-0.2, -0.15) is 0 Å². The van der Waals surface area contributed by atoms with Gasteiger partial charge in [-0.1, -0.05) is 48.5 Å². The summed E-state index contributed by atoms with van der Waals surface area (Å²) >= 11 is 0. The number of carbonyl (C=O) groups excluding carboxylic acids is 1. The van der Waals surface area contributed by atoms with Crippen molar-refractivity contribution in [1.29, 1.82) is 0 Å². The Kier molecular flexibility index (Phi) is 5.01. The van der Waals surface area contributed by atoms with Crippen molar-refractivity contribution in [2.75, 3.05) is 0 Å². The van der Waals surface area contributed by atoms with E-state index in [0.717, 1.165) is 0 Å². The first-order valence-corrected chi connectivity index (χ1v) is 7.26. The highest BCUT2D eigenvalue weighted by Crippen LogP contribution is 2.29. The van der Waals surface area contributed by atoms with Crippen LogP contribution in [0.1, 0.15) is 19.4 Å². The Morgan fingerprint density at radius 2 is 1.57 bits per heavy atom. The van der Waals surface area contributed by atoms with Crippen molar-refractivity contribution in [3.8, 4) is 5.75 Å². The monoisotopic (exact) mass is 313 g/mol. The van der Waals surface area contributed by atoms with E-state index in [-0.39, 0.29) is 0 Å². The maximum absolute atomic E-state index is 12.1. The molecule has 2 N–H and O–H groups in total. The molecule has 2 atom stereocenters. The molecule has 0 saturated carbocycles. The lowest BCUT2D eigenvalue weighted by atomic mass is 9.84. The average Bonchev–Trinajstić information content (AvgIpc) is 2.53. The molecule has 1 amide bonds. The lowest BCUT2D eigenvalue weighted by molar-refractivity contribution is -0.152. The van der Waals surface area contributed by atoms with Crippen LogP contribution in [0.15, 0.2) is 60.7 Å². The summed E-state index contributed by atoms with van der Waals surface area (Å²) in [7, 11) is 0. The fourth-order valence-electron chi connectivity index (χ4n) is 2.53. The largest absolute Gasteiger partial charge is 0.487 e. The van der Waals surface area contributed by atoms with Crippen molar-refractivity contribution >= 4 is 11.9 Å². The van der Waals surface area contributed by atoms with Crippen LogP contribution in [0.4, 0.5) is 0 Å². The van der Waals surface area contributed by atoms with Crippen LogP contribution < -0.4 is 10.1 Å². The summed E-state index contributed by atoms with van der Waals surface area (Å²) in [5.74, 6) is -1.09. The summed E-state index contributed by atoms with van der Waals surface area (Å²) in [6.07, 6.45) is -0.825. The molecule has 5 nitrogen and oxygen atoms in total. The summed E-state index contributed by atoms with van der Waals surface area (Å²) < 4.78 is 5.80. The van der Waals surface area contributed by atoms with Crippen LogP contribution in [-0.4, -0.2) is 23.1 Å². The van der Waals surface area contributed by atoms with E-state index in [0.29, 0.717) is 11.3 Å². The molecule has 0 aliphatic rings. The normalized spacial score (nSPS) is 14.3. The Morgan fingerprint density at radius 3 is 2.04 bits per heavy atom. The van der Waals surface area contributed by atoms with Crippen molar-refractivity contribution in [2.45, 2.75) is 25.5 Å². The van der Waals surface area contributed by atoms with Crippen molar-refractivity contribution in [2.24, 2.45) is 0 Å².